The summed E-state index contributed by atoms with van der Waals surface area (Å²) in [6.07, 6.45) is 2.28. The number of nitrogens with zero attached hydrogens (tertiary/aromatic N) is 2. The standard InChI is InChI=1S/C16H22N2O3/c1-21-14-5-3-2-4-13(14)18-11-8-16(12-18)6-9-17(10-7-16)15(19)20/h2-5H,6-12H2,1H3,(H,19,20). The van der Waals surface area contributed by atoms with Crippen molar-refractivity contribution in [3.05, 3.63) is 24.3 Å². The van der Waals surface area contributed by atoms with Crippen LogP contribution in [0, 0.1) is 5.41 Å². The van der Waals surface area contributed by atoms with Gasteiger partial charge in [-0.3, -0.25) is 0 Å². The Morgan fingerprint density at radius 3 is 2.52 bits per heavy atom. The molecule has 1 N–H and O–H groups in total. The molecule has 5 nitrogen and oxygen atoms in total. The van der Waals surface area contributed by atoms with Crippen molar-refractivity contribution in [2.45, 2.75) is 19.3 Å². The number of likely N-dealkylation sites (tertiary alicyclic amines) is 1. The van der Waals surface area contributed by atoms with E-state index in [1.165, 1.54) is 4.90 Å². The van der Waals surface area contributed by atoms with Crippen LogP contribution in [0.2, 0.25) is 0 Å². The molecule has 0 saturated carbocycles. The number of amides is 1. The highest BCUT2D eigenvalue weighted by molar-refractivity contribution is 5.65. The minimum atomic E-state index is -0.788. The van der Waals surface area contributed by atoms with Crippen LogP contribution >= 0.6 is 0 Å². The minimum Gasteiger partial charge on any atom is -0.495 e. The maximum atomic E-state index is 11.0. The second kappa shape index (κ2) is 5.47. The monoisotopic (exact) mass is 290 g/mol. The Morgan fingerprint density at radius 1 is 1.19 bits per heavy atom. The molecule has 21 heavy (non-hydrogen) atoms. The van der Waals surface area contributed by atoms with E-state index in [0.29, 0.717) is 13.1 Å². The van der Waals surface area contributed by atoms with Gasteiger partial charge >= 0.3 is 6.09 Å². The molecule has 3 rings (SSSR count). The zero-order valence-corrected chi connectivity index (χ0v) is 12.4. The zero-order chi connectivity index (χ0) is 14.9. The first kappa shape index (κ1) is 14.0. The second-order valence-corrected chi connectivity index (χ2v) is 6.11. The summed E-state index contributed by atoms with van der Waals surface area (Å²) in [5.41, 5.74) is 1.42. The van der Waals surface area contributed by atoms with Crippen molar-refractivity contribution in [3.63, 3.8) is 0 Å². The van der Waals surface area contributed by atoms with Crippen LogP contribution in [0.3, 0.4) is 0 Å². The molecular formula is C16H22N2O3. The van der Waals surface area contributed by atoms with E-state index >= 15 is 0 Å². The highest BCUT2D eigenvalue weighted by Crippen LogP contribution is 2.43. The highest BCUT2D eigenvalue weighted by atomic mass is 16.5. The molecule has 0 aromatic heterocycles. The number of carbonyl (C=O) groups is 1. The Kier molecular flexibility index (Phi) is 3.66. The largest absolute Gasteiger partial charge is 0.495 e. The van der Waals surface area contributed by atoms with Crippen LogP contribution < -0.4 is 9.64 Å². The van der Waals surface area contributed by atoms with Crippen molar-refractivity contribution < 1.29 is 14.6 Å². The quantitative estimate of drug-likeness (QED) is 0.910. The van der Waals surface area contributed by atoms with Crippen LogP contribution in [0.25, 0.3) is 0 Å². The second-order valence-electron chi connectivity index (χ2n) is 6.11. The van der Waals surface area contributed by atoms with Gasteiger partial charge in [-0.1, -0.05) is 12.1 Å². The van der Waals surface area contributed by atoms with Crippen LogP contribution in [0.5, 0.6) is 5.75 Å². The summed E-state index contributed by atoms with van der Waals surface area (Å²) in [4.78, 5) is 14.9. The number of ether oxygens (including phenoxy) is 1. The Hall–Kier alpha value is -1.91. The first-order valence-corrected chi connectivity index (χ1v) is 7.49. The van der Waals surface area contributed by atoms with Gasteiger partial charge < -0.3 is 19.6 Å². The van der Waals surface area contributed by atoms with Crippen molar-refractivity contribution in [3.8, 4) is 5.75 Å². The van der Waals surface area contributed by atoms with E-state index in [1.54, 1.807) is 7.11 Å². The van der Waals surface area contributed by atoms with E-state index < -0.39 is 6.09 Å². The molecule has 1 amide bonds. The number of methoxy groups -OCH3 is 1. The first-order valence-electron chi connectivity index (χ1n) is 7.49. The molecule has 2 aliphatic heterocycles. The summed E-state index contributed by atoms with van der Waals surface area (Å²) < 4.78 is 5.45. The lowest BCUT2D eigenvalue weighted by atomic mass is 9.78. The van der Waals surface area contributed by atoms with Crippen molar-refractivity contribution in [2.24, 2.45) is 5.41 Å². The summed E-state index contributed by atoms with van der Waals surface area (Å²) in [6.45, 7) is 3.35. The van der Waals surface area contributed by atoms with E-state index in [1.807, 2.05) is 18.2 Å². The molecule has 0 bridgehead atoms. The molecule has 2 heterocycles. The van der Waals surface area contributed by atoms with Gasteiger partial charge in [-0.05, 0) is 36.8 Å². The molecule has 1 aromatic carbocycles. The summed E-state index contributed by atoms with van der Waals surface area (Å²) in [5, 5.41) is 9.07. The Balaban J connectivity index is 1.70. The van der Waals surface area contributed by atoms with E-state index in [2.05, 4.69) is 11.0 Å². The van der Waals surface area contributed by atoms with Crippen molar-refractivity contribution in [1.29, 1.82) is 0 Å². The number of rotatable bonds is 2. The third-order valence-corrected chi connectivity index (χ3v) is 4.96. The number of anilines is 1. The maximum absolute atomic E-state index is 11.0. The fraction of sp³-hybridized carbons (Fsp3) is 0.562. The summed E-state index contributed by atoms with van der Waals surface area (Å²) in [7, 11) is 1.70. The lowest BCUT2D eigenvalue weighted by Crippen LogP contribution is -2.43. The third kappa shape index (κ3) is 2.64. The fourth-order valence-corrected chi connectivity index (χ4v) is 3.61. The molecule has 2 aliphatic rings. The van der Waals surface area contributed by atoms with E-state index in [0.717, 1.165) is 43.8 Å². The van der Waals surface area contributed by atoms with Crippen LogP contribution in [-0.4, -0.2) is 49.4 Å². The average molecular weight is 290 g/mol. The summed E-state index contributed by atoms with van der Waals surface area (Å²) in [6, 6.07) is 8.12. The molecule has 114 valence electrons. The van der Waals surface area contributed by atoms with E-state index in [4.69, 9.17) is 9.84 Å². The average Bonchev–Trinajstić information content (AvgIpc) is 2.91. The Bertz CT molecular complexity index is 524. The number of piperidine rings is 1. The minimum absolute atomic E-state index is 0.271. The molecule has 0 radical (unpaired) electrons. The van der Waals surface area contributed by atoms with Gasteiger partial charge in [-0.2, -0.15) is 0 Å². The smallest absolute Gasteiger partial charge is 0.407 e. The molecule has 1 spiro atoms. The topological polar surface area (TPSA) is 53.0 Å². The maximum Gasteiger partial charge on any atom is 0.407 e. The van der Waals surface area contributed by atoms with Gasteiger partial charge in [0.15, 0.2) is 0 Å². The van der Waals surface area contributed by atoms with Crippen molar-refractivity contribution in [2.75, 3.05) is 38.2 Å². The van der Waals surface area contributed by atoms with Crippen LogP contribution in [0.15, 0.2) is 24.3 Å². The van der Waals surface area contributed by atoms with Gasteiger partial charge in [0.05, 0.1) is 12.8 Å². The van der Waals surface area contributed by atoms with Crippen LogP contribution in [0.4, 0.5) is 10.5 Å². The Morgan fingerprint density at radius 2 is 1.86 bits per heavy atom. The third-order valence-electron chi connectivity index (χ3n) is 4.96. The molecular weight excluding hydrogens is 268 g/mol. The molecule has 0 unspecified atom stereocenters. The number of para-hydroxylation sites is 2. The van der Waals surface area contributed by atoms with Gasteiger partial charge in [-0.25, -0.2) is 4.79 Å². The van der Waals surface area contributed by atoms with Crippen molar-refractivity contribution >= 4 is 11.8 Å². The summed E-state index contributed by atoms with van der Waals surface area (Å²) >= 11 is 0. The molecule has 1 aromatic rings. The van der Waals surface area contributed by atoms with E-state index in [9.17, 15) is 4.79 Å². The number of carboxylic acid groups (broad SMARTS) is 1. The highest BCUT2D eigenvalue weighted by Gasteiger charge is 2.41. The van der Waals surface area contributed by atoms with Crippen LogP contribution in [-0.2, 0) is 0 Å². The molecule has 0 aliphatic carbocycles. The lowest BCUT2D eigenvalue weighted by molar-refractivity contribution is 0.0986. The normalized spacial score (nSPS) is 20.8. The van der Waals surface area contributed by atoms with Gasteiger partial charge in [0.1, 0.15) is 5.75 Å². The number of benzene rings is 1. The predicted octanol–water partition coefficient (Wildman–Crippen LogP) is 2.67. The molecule has 5 heteroatoms. The lowest BCUT2D eigenvalue weighted by Gasteiger charge is -2.38. The first-order chi connectivity index (χ1) is 10.1. The molecule has 0 atom stereocenters. The SMILES string of the molecule is COc1ccccc1N1CCC2(CCN(C(=O)O)CC2)C1. The van der Waals surface area contributed by atoms with Gasteiger partial charge in [-0.15, -0.1) is 0 Å². The van der Waals surface area contributed by atoms with E-state index in [-0.39, 0.29) is 5.41 Å². The zero-order valence-electron chi connectivity index (χ0n) is 12.4. The summed E-state index contributed by atoms with van der Waals surface area (Å²) in [5.74, 6) is 0.914. The van der Waals surface area contributed by atoms with Crippen molar-refractivity contribution in [1.82, 2.24) is 4.90 Å². The van der Waals surface area contributed by atoms with Gasteiger partial charge in [0.2, 0.25) is 0 Å². The fourth-order valence-electron chi connectivity index (χ4n) is 3.61. The van der Waals surface area contributed by atoms with Gasteiger partial charge in [0.25, 0.3) is 0 Å². The molecule has 2 fully saturated rings. The van der Waals surface area contributed by atoms with Crippen LogP contribution in [0.1, 0.15) is 19.3 Å². The molecule has 2 saturated heterocycles. The van der Waals surface area contributed by atoms with Gasteiger partial charge in [0, 0.05) is 26.2 Å². The predicted molar refractivity (Wildman–Crippen MR) is 81.1 cm³/mol. The Labute approximate surface area is 125 Å². The number of hydrogen-bond acceptors (Lipinski definition) is 3. The number of hydrogen-bond donors (Lipinski definition) is 1.